The highest BCUT2D eigenvalue weighted by atomic mass is 15.2. The molecule has 2 nitrogen and oxygen atoms in total. The van der Waals surface area contributed by atoms with Crippen LogP contribution >= 0.6 is 0 Å². The van der Waals surface area contributed by atoms with Gasteiger partial charge in [-0.3, -0.25) is 0 Å². The largest absolute Gasteiger partial charge is 0.306 e. The van der Waals surface area contributed by atoms with Gasteiger partial charge in [-0.2, -0.15) is 0 Å². The van der Waals surface area contributed by atoms with Gasteiger partial charge in [0.25, 0.3) is 0 Å². The summed E-state index contributed by atoms with van der Waals surface area (Å²) in [5, 5.41) is 0. The normalized spacial score (nSPS) is 33.2. The molecule has 2 rings (SSSR count). The molecule has 0 N–H and O–H groups in total. The first kappa shape index (κ1) is 8.52. The zero-order valence-corrected chi connectivity index (χ0v) is 8.13. The Hall–Kier alpha value is -0.0800. The summed E-state index contributed by atoms with van der Waals surface area (Å²) < 4.78 is 0. The molecule has 1 atom stereocenters. The van der Waals surface area contributed by atoms with Gasteiger partial charge in [0.2, 0.25) is 0 Å². The van der Waals surface area contributed by atoms with Gasteiger partial charge in [-0.15, -0.1) is 0 Å². The van der Waals surface area contributed by atoms with Crippen molar-refractivity contribution in [2.75, 3.05) is 39.8 Å². The Labute approximate surface area is 75.5 Å². The van der Waals surface area contributed by atoms with Crippen LogP contribution in [0.15, 0.2) is 0 Å². The van der Waals surface area contributed by atoms with Crippen LogP contribution in [0.25, 0.3) is 0 Å². The Morgan fingerprint density at radius 3 is 2.50 bits per heavy atom. The molecule has 12 heavy (non-hydrogen) atoms. The summed E-state index contributed by atoms with van der Waals surface area (Å²) in [6, 6.07) is 0. The molecule has 0 radical (unpaired) electrons. The summed E-state index contributed by atoms with van der Waals surface area (Å²) in [6.07, 6.45) is 4.29. The van der Waals surface area contributed by atoms with E-state index in [1.165, 1.54) is 52.0 Å². The van der Waals surface area contributed by atoms with E-state index in [4.69, 9.17) is 0 Å². The molecule has 2 saturated heterocycles. The summed E-state index contributed by atoms with van der Waals surface area (Å²) in [5.41, 5.74) is 0. The second-order valence-corrected chi connectivity index (χ2v) is 4.42. The molecule has 0 bridgehead atoms. The predicted octanol–water partition coefficient (Wildman–Crippen LogP) is 1.03. The Morgan fingerprint density at radius 1 is 1.17 bits per heavy atom. The Bertz CT molecular complexity index is 141. The molecule has 1 unspecified atom stereocenters. The fraction of sp³-hybridized carbons (Fsp3) is 1.00. The molecule has 2 heteroatoms. The smallest absolute Gasteiger partial charge is 0.00224 e. The molecule has 70 valence electrons. The summed E-state index contributed by atoms with van der Waals surface area (Å²) in [5.74, 6) is 0.966. The molecule has 2 aliphatic rings. The Kier molecular flexibility index (Phi) is 2.66. The van der Waals surface area contributed by atoms with E-state index >= 15 is 0 Å². The van der Waals surface area contributed by atoms with Crippen molar-refractivity contribution >= 4 is 0 Å². The summed E-state index contributed by atoms with van der Waals surface area (Å²) in [6.45, 7) is 6.74. The van der Waals surface area contributed by atoms with E-state index in [1.807, 2.05) is 0 Å². The van der Waals surface area contributed by atoms with Crippen LogP contribution in [0.3, 0.4) is 0 Å². The minimum atomic E-state index is 0.966. The minimum absolute atomic E-state index is 0.966. The van der Waals surface area contributed by atoms with Crippen molar-refractivity contribution < 1.29 is 0 Å². The third kappa shape index (κ3) is 1.99. The molecule has 0 saturated carbocycles. The molecular weight excluding hydrogens is 148 g/mol. The molecule has 2 aliphatic heterocycles. The lowest BCUT2D eigenvalue weighted by Crippen LogP contribution is -2.28. The van der Waals surface area contributed by atoms with Gasteiger partial charge in [0, 0.05) is 13.1 Å². The molecule has 0 spiro atoms. The van der Waals surface area contributed by atoms with Crippen LogP contribution in [0, 0.1) is 5.92 Å². The van der Waals surface area contributed by atoms with E-state index in [0.29, 0.717) is 0 Å². The topological polar surface area (TPSA) is 6.48 Å². The highest BCUT2D eigenvalue weighted by molar-refractivity contribution is 4.77. The predicted molar refractivity (Wildman–Crippen MR) is 51.3 cm³/mol. The SMILES string of the molecule is CN1CCC(CN2CCCC2)C1. The molecule has 0 aromatic heterocycles. The zero-order valence-electron chi connectivity index (χ0n) is 8.13. The second-order valence-electron chi connectivity index (χ2n) is 4.42. The summed E-state index contributed by atoms with van der Waals surface area (Å²) in [4.78, 5) is 5.10. The van der Waals surface area contributed by atoms with Gasteiger partial charge in [0.05, 0.1) is 0 Å². The van der Waals surface area contributed by atoms with Gasteiger partial charge in [0.15, 0.2) is 0 Å². The maximum atomic E-state index is 2.64. The Morgan fingerprint density at radius 2 is 1.92 bits per heavy atom. The van der Waals surface area contributed by atoms with Crippen LogP contribution in [-0.2, 0) is 0 Å². The molecule has 2 heterocycles. The van der Waals surface area contributed by atoms with Crippen molar-refractivity contribution in [3.8, 4) is 0 Å². The first-order valence-electron chi connectivity index (χ1n) is 5.25. The van der Waals surface area contributed by atoms with E-state index in [1.54, 1.807) is 0 Å². The second kappa shape index (κ2) is 3.75. The maximum absolute atomic E-state index is 2.64. The fourth-order valence-electron chi connectivity index (χ4n) is 2.51. The number of nitrogens with zero attached hydrogens (tertiary/aromatic N) is 2. The van der Waals surface area contributed by atoms with Crippen LogP contribution < -0.4 is 0 Å². The van der Waals surface area contributed by atoms with Gasteiger partial charge >= 0.3 is 0 Å². The monoisotopic (exact) mass is 168 g/mol. The zero-order chi connectivity index (χ0) is 8.39. The van der Waals surface area contributed by atoms with E-state index in [2.05, 4.69) is 16.8 Å². The van der Waals surface area contributed by atoms with Crippen LogP contribution in [-0.4, -0.2) is 49.6 Å². The maximum Gasteiger partial charge on any atom is 0.00224 e. The van der Waals surface area contributed by atoms with Crippen molar-refractivity contribution in [2.24, 2.45) is 5.92 Å². The molecule has 0 aromatic rings. The molecule has 0 aromatic carbocycles. The van der Waals surface area contributed by atoms with Crippen LogP contribution in [0.5, 0.6) is 0 Å². The quantitative estimate of drug-likeness (QED) is 0.608. The number of hydrogen-bond acceptors (Lipinski definition) is 2. The van der Waals surface area contributed by atoms with Gasteiger partial charge in [-0.1, -0.05) is 0 Å². The number of hydrogen-bond donors (Lipinski definition) is 0. The average molecular weight is 168 g/mol. The number of rotatable bonds is 2. The Balaban J connectivity index is 1.72. The van der Waals surface area contributed by atoms with Crippen LogP contribution in [0.2, 0.25) is 0 Å². The van der Waals surface area contributed by atoms with E-state index < -0.39 is 0 Å². The van der Waals surface area contributed by atoms with E-state index in [9.17, 15) is 0 Å². The standard InChI is InChI=1S/C10H20N2/c1-11-7-4-10(8-11)9-12-5-2-3-6-12/h10H,2-9H2,1H3. The van der Waals surface area contributed by atoms with E-state index in [-0.39, 0.29) is 0 Å². The van der Waals surface area contributed by atoms with E-state index in [0.717, 1.165) is 5.92 Å². The van der Waals surface area contributed by atoms with Crippen molar-refractivity contribution in [1.29, 1.82) is 0 Å². The van der Waals surface area contributed by atoms with Crippen molar-refractivity contribution in [1.82, 2.24) is 9.80 Å². The molecular formula is C10H20N2. The third-order valence-electron chi connectivity index (χ3n) is 3.20. The lowest BCUT2D eigenvalue weighted by Gasteiger charge is -2.19. The first-order valence-corrected chi connectivity index (χ1v) is 5.25. The van der Waals surface area contributed by atoms with Crippen LogP contribution in [0.1, 0.15) is 19.3 Å². The van der Waals surface area contributed by atoms with Crippen molar-refractivity contribution in [2.45, 2.75) is 19.3 Å². The van der Waals surface area contributed by atoms with Gasteiger partial charge in [-0.25, -0.2) is 0 Å². The van der Waals surface area contributed by atoms with Crippen molar-refractivity contribution in [3.05, 3.63) is 0 Å². The minimum Gasteiger partial charge on any atom is -0.306 e. The average Bonchev–Trinajstić information content (AvgIpc) is 2.63. The fourth-order valence-corrected chi connectivity index (χ4v) is 2.51. The van der Waals surface area contributed by atoms with Crippen LogP contribution in [0.4, 0.5) is 0 Å². The lowest BCUT2D eigenvalue weighted by molar-refractivity contribution is 0.275. The molecule has 2 fully saturated rings. The van der Waals surface area contributed by atoms with Gasteiger partial charge in [0.1, 0.15) is 0 Å². The highest BCUT2D eigenvalue weighted by Gasteiger charge is 2.22. The molecule has 0 amide bonds. The number of likely N-dealkylation sites (tertiary alicyclic amines) is 2. The lowest BCUT2D eigenvalue weighted by atomic mass is 10.1. The molecule has 0 aliphatic carbocycles. The first-order chi connectivity index (χ1) is 5.84. The summed E-state index contributed by atoms with van der Waals surface area (Å²) >= 11 is 0. The highest BCUT2D eigenvalue weighted by Crippen LogP contribution is 2.18. The van der Waals surface area contributed by atoms with Crippen molar-refractivity contribution in [3.63, 3.8) is 0 Å². The van der Waals surface area contributed by atoms with Gasteiger partial charge < -0.3 is 9.80 Å². The third-order valence-corrected chi connectivity index (χ3v) is 3.20. The summed E-state index contributed by atoms with van der Waals surface area (Å²) in [7, 11) is 2.24. The van der Waals surface area contributed by atoms with Gasteiger partial charge in [-0.05, 0) is 51.9 Å².